The molecule has 0 N–H and O–H groups in total. The van der Waals surface area contributed by atoms with Crippen molar-refractivity contribution in [2.75, 3.05) is 7.11 Å². The Labute approximate surface area is 69.4 Å². The van der Waals surface area contributed by atoms with Crippen LogP contribution in [0.1, 0.15) is 26.7 Å². The summed E-state index contributed by atoms with van der Waals surface area (Å²) in [5.74, 6) is 1.61. The van der Waals surface area contributed by atoms with E-state index in [-0.39, 0.29) is 7.43 Å². The summed E-state index contributed by atoms with van der Waals surface area (Å²) in [7, 11) is 1.80. The molecule has 2 rings (SSSR count). The smallest absolute Gasteiger partial charge is 0.0809 e. The van der Waals surface area contributed by atoms with Gasteiger partial charge in [0.25, 0.3) is 0 Å². The first-order chi connectivity index (χ1) is 4.83. The van der Waals surface area contributed by atoms with Crippen LogP contribution in [0.4, 0.5) is 0 Å². The van der Waals surface area contributed by atoms with Crippen LogP contribution in [-0.4, -0.2) is 13.2 Å². The third-order valence-electron chi connectivity index (χ3n) is 3.05. The van der Waals surface area contributed by atoms with Gasteiger partial charge >= 0.3 is 0 Å². The Morgan fingerprint density at radius 1 is 1.45 bits per heavy atom. The first-order valence-electron chi connectivity index (χ1n) is 4.04. The van der Waals surface area contributed by atoms with Crippen LogP contribution in [0.5, 0.6) is 0 Å². The lowest BCUT2D eigenvalue weighted by Crippen LogP contribution is -2.20. The topological polar surface area (TPSA) is 9.23 Å². The maximum atomic E-state index is 5.36. The number of ether oxygens (including phenoxy) is 1. The van der Waals surface area contributed by atoms with Crippen LogP contribution in [0.25, 0.3) is 0 Å². The first-order valence-corrected chi connectivity index (χ1v) is 4.04. The fourth-order valence-corrected chi connectivity index (χ4v) is 2.51. The molecule has 0 amide bonds. The first kappa shape index (κ1) is 8.79. The zero-order valence-corrected chi connectivity index (χ0v) is 6.47. The monoisotopic (exact) mass is 154 g/mol. The van der Waals surface area contributed by atoms with Gasteiger partial charge in [-0.3, -0.25) is 0 Å². The lowest BCUT2D eigenvalue weighted by atomic mass is 9.93. The van der Waals surface area contributed by atoms with Gasteiger partial charge in [-0.1, -0.05) is 14.0 Å². The highest BCUT2D eigenvalue weighted by Gasteiger charge is 2.42. The fourth-order valence-electron chi connectivity index (χ4n) is 2.51. The van der Waals surface area contributed by atoms with E-state index in [2.05, 4.69) is 6.58 Å². The van der Waals surface area contributed by atoms with Gasteiger partial charge in [-0.25, -0.2) is 0 Å². The van der Waals surface area contributed by atoms with Gasteiger partial charge in [-0.05, 0) is 36.7 Å². The van der Waals surface area contributed by atoms with Crippen LogP contribution in [0, 0.1) is 11.8 Å². The second kappa shape index (κ2) is 2.98. The summed E-state index contributed by atoms with van der Waals surface area (Å²) < 4.78 is 5.36. The van der Waals surface area contributed by atoms with E-state index in [0.717, 1.165) is 11.8 Å². The molecule has 0 saturated heterocycles. The van der Waals surface area contributed by atoms with Crippen molar-refractivity contribution in [2.45, 2.75) is 32.8 Å². The average molecular weight is 154 g/mol. The van der Waals surface area contributed by atoms with Crippen LogP contribution >= 0.6 is 0 Å². The van der Waals surface area contributed by atoms with Crippen molar-refractivity contribution in [3.05, 3.63) is 12.2 Å². The van der Waals surface area contributed by atoms with E-state index in [4.69, 9.17) is 4.74 Å². The van der Waals surface area contributed by atoms with Crippen LogP contribution in [0.2, 0.25) is 0 Å². The van der Waals surface area contributed by atoms with Gasteiger partial charge in [0.15, 0.2) is 0 Å². The van der Waals surface area contributed by atoms with Gasteiger partial charge in [0.2, 0.25) is 0 Å². The maximum absolute atomic E-state index is 5.36. The highest BCUT2D eigenvalue weighted by Crippen LogP contribution is 2.48. The molecule has 0 heterocycles. The van der Waals surface area contributed by atoms with Crippen molar-refractivity contribution in [3.8, 4) is 0 Å². The average Bonchev–Trinajstić information content (AvgIpc) is 2.46. The zero-order chi connectivity index (χ0) is 7.14. The lowest BCUT2D eigenvalue weighted by Gasteiger charge is -2.22. The molecule has 3 unspecified atom stereocenters. The Balaban J connectivity index is 0.000000605. The quantitative estimate of drug-likeness (QED) is 0.527. The molecule has 0 aromatic carbocycles. The summed E-state index contributed by atoms with van der Waals surface area (Å²) in [6.07, 6.45) is 4.47. The van der Waals surface area contributed by atoms with Crippen molar-refractivity contribution in [1.82, 2.24) is 0 Å². The minimum absolute atomic E-state index is 0. The van der Waals surface area contributed by atoms with Gasteiger partial charge in [0.05, 0.1) is 6.10 Å². The van der Waals surface area contributed by atoms with Gasteiger partial charge in [0.1, 0.15) is 0 Å². The molecule has 64 valence electrons. The largest absolute Gasteiger partial charge is 0.377 e. The molecule has 0 spiro atoms. The van der Waals surface area contributed by atoms with Crippen molar-refractivity contribution < 1.29 is 4.74 Å². The SMILES string of the molecule is C.C=C1C2CCC(C2)C1OC. The van der Waals surface area contributed by atoms with Crippen molar-refractivity contribution >= 4 is 0 Å². The minimum atomic E-state index is 0. The molecule has 0 aromatic rings. The number of rotatable bonds is 1. The summed E-state index contributed by atoms with van der Waals surface area (Å²) in [5, 5.41) is 0. The molecule has 3 atom stereocenters. The van der Waals surface area contributed by atoms with Crippen LogP contribution in [-0.2, 0) is 4.74 Å². The lowest BCUT2D eigenvalue weighted by molar-refractivity contribution is 0.0903. The Morgan fingerprint density at radius 3 is 2.55 bits per heavy atom. The van der Waals surface area contributed by atoms with E-state index in [1.54, 1.807) is 7.11 Å². The van der Waals surface area contributed by atoms with Crippen LogP contribution in [0.3, 0.4) is 0 Å². The molecule has 2 aliphatic rings. The Kier molecular flexibility index (Phi) is 2.38. The summed E-state index contributed by atoms with van der Waals surface area (Å²) >= 11 is 0. The van der Waals surface area contributed by atoms with E-state index in [9.17, 15) is 0 Å². The summed E-state index contributed by atoms with van der Waals surface area (Å²) in [6.45, 7) is 4.06. The number of hydrogen-bond acceptors (Lipinski definition) is 1. The number of hydrogen-bond donors (Lipinski definition) is 0. The van der Waals surface area contributed by atoms with Crippen molar-refractivity contribution in [3.63, 3.8) is 0 Å². The highest BCUT2D eigenvalue weighted by molar-refractivity contribution is 5.19. The second-order valence-electron chi connectivity index (χ2n) is 3.50. The molecule has 0 aromatic heterocycles. The molecule has 0 radical (unpaired) electrons. The molecule has 2 fully saturated rings. The predicted octanol–water partition coefficient (Wildman–Crippen LogP) is 2.62. The van der Waals surface area contributed by atoms with Gasteiger partial charge in [-0.15, -0.1) is 0 Å². The number of methoxy groups -OCH3 is 1. The van der Waals surface area contributed by atoms with Crippen molar-refractivity contribution in [1.29, 1.82) is 0 Å². The van der Waals surface area contributed by atoms with Crippen LogP contribution < -0.4 is 0 Å². The molecule has 2 aliphatic carbocycles. The molecule has 2 saturated carbocycles. The standard InChI is InChI=1S/C9H14O.CH4/c1-6-7-3-4-8(5-7)9(6)10-2;/h7-9H,1,3-5H2,2H3;1H4. The predicted molar refractivity (Wildman–Crippen MR) is 47.5 cm³/mol. The molecule has 1 nitrogen and oxygen atoms in total. The van der Waals surface area contributed by atoms with Gasteiger partial charge in [0, 0.05) is 7.11 Å². The molecular weight excluding hydrogens is 136 g/mol. The maximum Gasteiger partial charge on any atom is 0.0809 e. The summed E-state index contributed by atoms with van der Waals surface area (Å²) in [4.78, 5) is 0. The van der Waals surface area contributed by atoms with E-state index < -0.39 is 0 Å². The fraction of sp³-hybridized carbons (Fsp3) is 0.800. The minimum Gasteiger partial charge on any atom is -0.377 e. The third kappa shape index (κ3) is 1.12. The van der Waals surface area contributed by atoms with E-state index in [1.165, 1.54) is 24.8 Å². The van der Waals surface area contributed by atoms with Crippen molar-refractivity contribution in [2.24, 2.45) is 11.8 Å². The summed E-state index contributed by atoms with van der Waals surface area (Å²) in [6, 6.07) is 0. The zero-order valence-electron chi connectivity index (χ0n) is 6.47. The van der Waals surface area contributed by atoms with E-state index >= 15 is 0 Å². The second-order valence-corrected chi connectivity index (χ2v) is 3.50. The summed E-state index contributed by atoms with van der Waals surface area (Å²) in [5.41, 5.74) is 1.36. The number of fused-ring (bicyclic) bond motifs is 2. The van der Waals surface area contributed by atoms with Gasteiger partial charge < -0.3 is 4.74 Å². The van der Waals surface area contributed by atoms with Gasteiger partial charge in [-0.2, -0.15) is 0 Å². The molecule has 0 aliphatic heterocycles. The third-order valence-corrected chi connectivity index (χ3v) is 3.05. The Morgan fingerprint density at radius 2 is 2.18 bits per heavy atom. The normalized spacial score (nSPS) is 40.8. The molecule has 2 bridgehead atoms. The van der Waals surface area contributed by atoms with Crippen LogP contribution in [0.15, 0.2) is 12.2 Å². The molecule has 1 heteroatoms. The Bertz CT molecular complexity index is 162. The molecule has 11 heavy (non-hydrogen) atoms. The molecular formula is C10H18O. The highest BCUT2D eigenvalue weighted by atomic mass is 16.5. The Hall–Kier alpha value is -0.300. The van der Waals surface area contributed by atoms with E-state index in [0.29, 0.717) is 6.10 Å². The van der Waals surface area contributed by atoms with E-state index in [1.807, 2.05) is 0 Å².